The molecule has 0 amide bonds. The van der Waals surface area contributed by atoms with Gasteiger partial charge in [-0.15, -0.1) is 0 Å². The van der Waals surface area contributed by atoms with E-state index in [0.717, 1.165) is 33.5 Å². The highest BCUT2D eigenvalue weighted by Gasteiger charge is 2.26. The molecule has 0 spiro atoms. The molecular formula is C22H26BrNO4. The van der Waals surface area contributed by atoms with Crippen molar-refractivity contribution in [3.63, 3.8) is 0 Å². The van der Waals surface area contributed by atoms with Crippen LogP contribution in [0.1, 0.15) is 36.1 Å². The molecule has 2 aromatic rings. The van der Waals surface area contributed by atoms with Crippen molar-refractivity contribution in [3.8, 4) is 11.5 Å². The van der Waals surface area contributed by atoms with Crippen LogP contribution in [0, 0.1) is 6.92 Å². The van der Waals surface area contributed by atoms with Gasteiger partial charge in [-0.25, -0.2) is 0 Å². The smallest absolute Gasteiger partial charge is 0.320 e. The highest BCUT2D eigenvalue weighted by molar-refractivity contribution is 9.10. The third-order valence-electron chi connectivity index (χ3n) is 4.98. The van der Waals surface area contributed by atoms with Crippen LogP contribution in [-0.2, 0) is 16.1 Å². The zero-order valence-electron chi connectivity index (χ0n) is 16.5. The zero-order valence-corrected chi connectivity index (χ0v) is 18.1. The number of ether oxygens (including phenoxy) is 3. The van der Waals surface area contributed by atoms with Crippen molar-refractivity contribution in [2.24, 2.45) is 0 Å². The van der Waals surface area contributed by atoms with E-state index in [-0.39, 0.29) is 18.6 Å². The van der Waals surface area contributed by atoms with Gasteiger partial charge in [0.1, 0.15) is 18.1 Å². The third-order valence-corrected chi connectivity index (χ3v) is 5.84. The van der Waals surface area contributed by atoms with E-state index in [2.05, 4.69) is 28.9 Å². The molecule has 1 unspecified atom stereocenters. The Bertz CT molecular complexity index is 839. The van der Waals surface area contributed by atoms with Gasteiger partial charge in [0, 0.05) is 28.6 Å². The quantitative estimate of drug-likeness (QED) is 0.577. The molecule has 0 N–H and O–H groups in total. The maximum atomic E-state index is 11.8. The van der Waals surface area contributed by atoms with Gasteiger partial charge in [0.05, 0.1) is 19.8 Å². The number of carbonyl (C=O) groups excluding carboxylic acids is 1. The SMILES string of the molecule is CCOC(=O)CN(C)C1CCOc2cc(OCc3cccc(Br)c3C)ccc21. The second-order valence-electron chi connectivity index (χ2n) is 6.89. The van der Waals surface area contributed by atoms with Gasteiger partial charge >= 0.3 is 5.97 Å². The molecule has 1 heterocycles. The number of halogens is 1. The summed E-state index contributed by atoms with van der Waals surface area (Å²) in [4.78, 5) is 13.8. The summed E-state index contributed by atoms with van der Waals surface area (Å²) in [5, 5.41) is 0. The monoisotopic (exact) mass is 447 g/mol. The number of benzene rings is 2. The van der Waals surface area contributed by atoms with Crippen LogP contribution in [0.15, 0.2) is 40.9 Å². The lowest BCUT2D eigenvalue weighted by atomic mass is 9.99. The molecule has 0 fully saturated rings. The second kappa shape index (κ2) is 9.43. The lowest BCUT2D eigenvalue weighted by Gasteiger charge is -2.32. The van der Waals surface area contributed by atoms with Gasteiger partial charge in [0.15, 0.2) is 0 Å². The molecule has 0 aromatic heterocycles. The van der Waals surface area contributed by atoms with Crippen molar-refractivity contribution in [2.75, 3.05) is 26.8 Å². The number of esters is 1. The van der Waals surface area contributed by atoms with E-state index in [1.165, 1.54) is 5.56 Å². The first-order valence-electron chi connectivity index (χ1n) is 9.49. The van der Waals surface area contributed by atoms with E-state index >= 15 is 0 Å². The number of nitrogens with zero attached hydrogens (tertiary/aromatic N) is 1. The summed E-state index contributed by atoms with van der Waals surface area (Å²) in [7, 11) is 1.94. The van der Waals surface area contributed by atoms with E-state index < -0.39 is 0 Å². The fourth-order valence-corrected chi connectivity index (χ4v) is 3.80. The average Bonchev–Trinajstić information content (AvgIpc) is 2.68. The van der Waals surface area contributed by atoms with Crippen LogP contribution in [0.25, 0.3) is 0 Å². The minimum atomic E-state index is -0.206. The molecule has 1 atom stereocenters. The maximum absolute atomic E-state index is 11.8. The number of fused-ring (bicyclic) bond motifs is 1. The molecule has 0 radical (unpaired) electrons. The Labute approximate surface area is 174 Å². The standard InChI is InChI=1S/C22H26BrNO4/c1-4-26-22(25)13-24(3)20-10-11-27-21-12-17(8-9-18(20)21)28-14-16-6-5-7-19(23)15(16)2/h5-9,12,20H,4,10-11,13-14H2,1-3H3. The maximum Gasteiger partial charge on any atom is 0.320 e. The molecule has 0 aliphatic carbocycles. The van der Waals surface area contributed by atoms with Crippen LogP contribution >= 0.6 is 15.9 Å². The van der Waals surface area contributed by atoms with Crippen molar-refractivity contribution in [3.05, 3.63) is 57.6 Å². The Balaban J connectivity index is 1.70. The minimum Gasteiger partial charge on any atom is -0.493 e. The van der Waals surface area contributed by atoms with Crippen molar-refractivity contribution in [2.45, 2.75) is 32.9 Å². The summed E-state index contributed by atoms with van der Waals surface area (Å²) in [5.74, 6) is 1.38. The largest absolute Gasteiger partial charge is 0.493 e. The fourth-order valence-electron chi connectivity index (χ4n) is 3.39. The van der Waals surface area contributed by atoms with Crippen molar-refractivity contribution < 1.29 is 19.0 Å². The van der Waals surface area contributed by atoms with Gasteiger partial charge in [-0.3, -0.25) is 9.69 Å². The molecule has 3 rings (SSSR count). The molecule has 1 aliphatic rings. The Kier molecular flexibility index (Phi) is 6.97. The molecule has 6 heteroatoms. The highest BCUT2D eigenvalue weighted by Crippen LogP contribution is 2.37. The molecule has 28 heavy (non-hydrogen) atoms. The first-order valence-corrected chi connectivity index (χ1v) is 10.3. The topological polar surface area (TPSA) is 48.0 Å². The first kappa shape index (κ1) is 20.7. The highest BCUT2D eigenvalue weighted by atomic mass is 79.9. The average molecular weight is 448 g/mol. The first-order chi connectivity index (χ1) is 13.5. The fraction of sp³-hybridized carbons (Fsp3) is 0.409. The molecule has 0 saturated heterocycles. The van der Waals surface area contributed by atoms with Gasteiger partial charge in [-0.2, -0.15) is 0 Å². The van der Waals surface area contributed by atoms with Crippen LogP contribution in [0.4, 0.5) is 0 Å². The lowest BCUT2D eigenvalue weighted by molar-refractivity contribution is -0.144. The number of likely N-dealkylation sites (N-methyl/N-ethyl adjacent to an activating group) is 1. The minimum absolute atomic E-state index is 0.120. The molecule has 0 bridgehead atoms. The van der Waals surface area contributed by atoms with E-state index in [1.54, 1.807) is 0 Å². The van der Waals surface area contributed by atoms with Gasteiger partial charge < -0.3 is 14.2 Å². The predicted molar refractivity (Wildman–Crippen MR) is 112 cm³/mol. The molecule has 0 saturated carbocycles. The number of rotatable bonds is 7. The molecule has 1 aliphatic heterocycles. The summed E-state index contributed by atoms with van der Waals surface area (Å²) in [5.41, 5.74) is 3.39. The van der Waals surface area contributed by atoms with Crippen LogP contribution in [0.5, 0.6) is 11.5 Å². The van der Waals surface area contributed by atoms with Gasteiger partial charge in [-0.1, -0.05) is 34.1 Å². The Morgan fingerprint density at radius 2 is 2.14 bits per heavy atom. The molecule has 150 valence electrons. The van der Waals surface area contributed by atoms with E-state index in [1.807, 2.05) is 49.2 Å². The number of hydrogen-bond acceptors (Lipinski definition) is 5. The summed E-state index contributed by atoms with van der Waals surface area (Å²) < 4.78 is 18.0. The predicted octanol–water partition coefficient (Wildman–Crippen LogP) is 4.66. The second-order valence-corrected chi connectivity index (χ2v) is 7.74. The Hall–Kier alpha value is -2.05. The summed E-state index contributed by atoms with van der Waals surface area (Å²) in [6, 6.07) is 12.2. The Morgan fingerprint density at radius 1 is 1.32 bits per heavy atom. The Morgan fingerprint density at radius 3 is 2.93 bits per heavy atom. The van der Waals surface area contributed by atoms with Gasteiger partial charge in [-0.05, 0) is 44.2 Å². The molecule has 2 aromatic carbocycles. The van der Waals surface area contributed by atoms with Gasteiger partial charge in [0.25, 0.3) is 0 Å². The summed E-state index contributed by atoms with van der Waals surface area (Å²) in [6.45, 7) is 5.66. The van der Waals surface area contributed by atoms with Crippen molar-refractivity contribution >= 4 is 21.9 Å². The number of hydrogen-bond donors (Lipinski definition) is 0. The molecular weight excluding hydrogens is 422 g/mol. The summed E-state index contributed by atoms with van der Waals surface area (Å²) in [6.07, 6.45) is 0.834. The normalized spacial score (nSPS) is 15.7. The number of carbonyl (C=O) groups is 1. The lowest BCUT2D eigenvalue weighted by Crippen LogP contribution is -2.34. The van der Waals surface area contributed by atoms with Crippen LogP contribution in [0.3, 0.4) is 0 Å². The zero-order chi connectivity index (χ0) is 20.1. The van der Waals surface area contributed by atoms with E-state index in [9.17, 15) is 4.79 Å². The van der Waals surface area contributed by atoms with Crippen LogP contribution in [0.2, 0.25) is 0 Å². The molecule has 5 nitrogen and oxygen atoms in total. The van der Waals surface area contributed by atoms with Crippen molar-refractivity contribution in [1.82, 2.24) is 4.90 Å². The van der Waals surface area contributed by atoms with Crippen LogP contribution < -0.4 is 9.47 Å². The van der Waals surface area contributed by atoms with E-state index in [4.69, 9.17) is 14.2 Å². The van der Waals surface area contributed by atoms with Crippen LogP contribution in [-0.4, -0.2) is 37.7 Å². The van der Waals surface area contributed by atoms with Gasteiger partial charge in [0.2, 0.25) is 0 Å². The summed E-state index contributed by atoms with van der Waals surface area (Å²) >= 11 is 3.56. The third kappa shape index (κ3) is 4.86. The van der Waals surface area contributed by atoms with E-state index in [0.29, 0.717) is 19.8 Å². The van der Waals surface area contributed by atoms with Crippen molar-refractivity contribution in [1.29, 1.82) is 0 Å².